The van der Waals surface area contributed by atoms with Crippen LogP contribution in [0.2, 0.25) is 0 Å². The van der Waals surface area contributed by atoms with E-state index in [0.29, 0.717) is 34.3 Å². The Hall–Kier alpha value is -2.82. The number of allylic oxidation sites excluding steroid dienone is 2. The Labute approximate surface area is 142 Å². The van der Waals surface area contributed by atoms with Gasteiger partial charge in [0, 0.05) is 0 Å². The third-order valence-corrected chi connectivity index (χ3v) is 4.22. The van der Waals surface area contributed by atoms with E-state index < -0.39 is 23.4 Å². The minimum Gasteiger partial charge on any atom is -0.481 e. The molecule has 2 aromatic carbocycles. The monoisotopic (exact) mass is 344 g/mol. The van der Waals surface area contributed by atoms with Crippen LogP contribution in [0.5, 0.6) is 0 Å². The SMILES string of the molecule is CCC1=C(CC(=O)O)c2cc(F)ccc2/C1=C\c1ccc(F)c(F)c1. The lowest BCUT2D eigenvalue weighted by Crippen LogP contribution is -1.97. The van der Waals surface area contributed by atoms with Gasteiger partial charge in [0.1, 0.15) is 5.82 Å². The third-order valence-electron chi connectivity index (χ3n) is 4.22. The highest BCUT2D eigenvalue weighted by Gasteiger charge is 2.27. The van der Waals surface area contributed by atoms with Crippen molar-refractivity contribution in [3.05, 3.63) is 76.1 Å². The van der Waals surface area contributed by atoms with E-state index in [4.69, 9.17) is 0 Å². The van der Waals surface area contributed by atoms with Crippen molar-refractivity contribution < 1.29 is 23.1 Å². The van der Waals surface area contributed by atoms with Crippen LogP contribution >= 0.6 is 0 Å². The molecule has 0 saturated carbocycles. The maximum atomic E-state index is 13.7. The highest BCUT2D eigenvalue weighted by molar-refractivity contribution is 6.07. The molecule has 0 spiro atoms. The quantitative estimate of drug-likeness (QED) is 0.817. The first-order chi connectivity index (χ1) is 11.9. The van der Waals surface area contributed by atoms with Gasteiger partial charge in [0.15, 0.2) is 11.6 Å². The summed E-state index contributed by atoms with van der Waals surface area (Å²) < 4.78 is 40.3. The predicted molar refractivity (Wildman–Crippen MR) is 90.1 cm³/mol. The van der Waals surface area contributed by atoms with Gasteiger partial charge in [0.25, 0.3) is 0 Å². The van der Waals surface area contributed by atoms with Gasteiger partial charge in [-0.3, -0.25) is 4.79 Å². The first kappa shape index (κ1) is 17.0. The van der Waals surface area contributed by atoms with Crippen LogP contribution < -0.4 is 0 Å². The zero-order valence-electron chi connectivity index (χ0n) is 13.4. The second-order valence-electron chi connectivity index (χ2n) is 5.80. The van der Waals surface area contributed by atoms with Gasteiger partial charge in [-0.2, -0.15) is 0 Å². The molecular weight excluding hydrogens is 329 g/mol. The van der Waals surface area contributed by atoms with Crippen LogP contribution in [0.25, 0.3) is 17.2 Å². The lowest BCUT2D eigenvalue weighted by molar-refractivity contribution is -0.135. The van der Waals surface area contributed by atoms with Gasteiger partial charge in [0.05, 0.1) is 6.42 Å². The minimum absolute atomic E-state index is 0.227. The Bertz CT molecular complexity index is 927. The predicted octanol–water partition coefficient (Wildman–Crippen LogP) is 5.30. The van der Waals surface area contributed by atoms with E-state index in [1.54, 1.807) is 12.1 Å². The van der Waals surface area contributed by atoms with E-state index in [0.717, 1.165) is 17.7 Å². The largest absolute Gasteiger partial charge is 0.481 e. The summed E-state index contributed by atoms with van der Waals surface area (Å²) in [5.74, 6) is -3.36. The molecule has 0 saturated heterocycles. The molecule has 1 aliphatic rings. The Balaban J connectivity index is 2.20. The van der Waals surface area contributed by atoms with Crippen LogP contribution in [0, 0.1) is 17.5 Å². The molecule has 1 N–H and O–H groups in total. The molecule has 0 bridgehead atoms. The van der Waals surface area contributed by atoms with Crippen molar-refractivity contribution in [2.75, 3.05) is 0 Å². The minimum atomic E-state index is -1.01. The van der Waals surface area contributed by atoms with Crippen LogP contribution in [0.1, 0.15) is 36.5 Å². The number of fused-ring (bicyclic) bond motifs is 1. The highest BCUT2D eigenvalue weighted by Crippen LogP contribution is 2.45. The number of carboxylic acid groups (broad SMARTS) is 1. The molecule has 1 aliphatic carbocycles. The number of benzene rings is 2. The van der Waals surface area contributed by atoms with Crippen molar-refractivity contribution in [3.8, 4) is 0 Å². The summed E-state index contributed by atoms with van der Waals surface area (Å²) in [5, 5.41) is 9.19. The molecular formula is C20H15F3O2. The van der Waals surface area contributed by atoms with Crippen LogP contribution in [-0.2, 0) is 4.79 Å². The number of carboxylic acids is 1. The van der Waals surface area contributed by atoms with E-state index in [-0.39, 0.29) is 6.42 Å². The number of aliphatic carboxylic acids is 1. The maximum absolute atomic E-state index is 13.7. The van der Waals surface area contributed by atoms with Crippen molar-refractivity contribution in [2.45, 2.75) is 19.8 Å². The van der Waals surface area contributed by atoms with Gasteiger partial charge in [-0.15, -0.1) is 0 Å². The van der Waals surface area contributed by atoms with Gasteiger partial charge in [-0.1, -0.05) is 19.1 Å². The summed E-state index contributed by atoms with van der Waals surface area (Å²) in [6.07, 6.45) is 1.98. The summed E-state index contributed by atoms with van der Waals surface area (Å²) >= 11 is 0. The Kier molecular flexibility index (Phi) is 4.49. The van der Waals surface area contributed by atoms with Gasteiger partial charge >= 0.3 is 5.97 Å². The number of hydrogen-bond acceptors (Lipinski definition) is 1. The van der Waals surface area contributed by atoms with Gasteiger partial charge < -0.3 is 5.11 Å². The molecule has 3 rings (SSSR count). The molecule has 25 heavy (non-hydrogen) atoms. The summed E-state index contributed by atoms with van der Waals surface area (Å²) in [7, 11) is 0. The number of carbonyl (C=O) groups is 1. The van der Waals surface area contributed by atoms with Crippen molar-refractivity contribution in [3.63, 3.8) is 0 Å². The van der Waals surface area contributed by atoms with Crippen LogP contribution in [0.4, 0.5) is 13.2 Å². The molecule has 0 fully saturated rings. The molecule has 0 radical (unpaired) electrons. The molecule has 0 atom stereocenters. The van der Waals surface area contributed by atoms with Crippen LogP contribution in [0.15, 0.2) is 42.0 Å². The first-order valence-electron chi connectivity index (χ1n) is 7.82. The Morgan fingerprint density at radius 2 is 1.76 bits per heavy atom. The zero-order chi connectivity index (χ0) is 18.1. The third kappa shape index (κ3) is 3.22. The van der Waals surface area contributed by atoms with Gasteiger partial charge in [-0.25, -0.2) is 13.2 Å². The average molecular weight is 344 g/mol. The summed E-state index contributed by atoms with van der Waals surface area (Å²) in [5.41, 5.74) is 3.71. The van der Waals surface area contributed by atoms with Crippen molar-refractivity contribution >= 4 is 23.2 Å². The molecule has 0 aromatic heterocycles. The number of hydrogen-bond donors (Lipinski definition) is 1. The molecule has 128 valence electrons. The zero-order valence-corrected chi connectivity index (χ0v) is 13.4. The maximum Gasteiger partial charge on any atom is 0.307 e. The van der Waals surface area contributed by atoms with Gasteiger partial charge in [-0.05, 0) is 70.2 Å². The van der Waals surface area contributed by atoms with E-state index in [9.17, 15) is 23.1 Å². The summed E-state index contributed by atoms with van der Waals surface area (Å²) in [6, 6.07) is 7.76. The average Bonchev–Trinajstić information content (AvgIpc) is 2.83. The van der Waals surface area contributed by atoms with E-state index in [2.05, 4.69) is 0 Å². The Morgan fingerprint density at radius 1 is 1.00 bits per heavy atom. The topological polar surface area (TPSA) is 37.3 Å². The number of rotatable bonds is 4. The van der Waals surface area contributed by atoms with Crippen molar-refractivity contribution in [2.24, 2.45) is 0 Å². The van der Waals surface area contributed by atoms with Crippen molar-refractivity contribution in [1.29, 1.82) is 0 Å². The van der Waals surface area contributed by atoms with E-state index in [1.165, 1.54) is 18.2 Å². The van der Waals surface area contributed by atoms with E-state index >= 15 is 0 Å². The molecule has 0 aliphatic heterocycles. The standard InChI is InChI=1S/C20H15F3O2/c1-2-13-15(7-11-3-6-18(22)19(23)8-11)14-5-4-12(21)9-16(14)17(13)10-20(24)25/h3-9H,2,10H2,1H3,(H,24,25)/b15-7-. The second kappa shape index (κ2) is 6.59. The first-order valence-corrected chi connectivity index (χ1v) is 7.82. The lowest BCUT2D eigenvalue weighted by Gasteiger charge is -2.07. The van der Waals surface area contributed by atoms with E-state index in [1.807, 2.05) is 6.92 Å². The molecule has 0 heterocycles. The molecule has 2 nitrogen and oxygen atoms in total. The molecule has 5 heteroatoms. The molecule has 0 amide bonds. The Morgan fingerprint density at radius 3 is 2.40 bits per heavy atom. The fourth-order valence-corrected chi connectivity index (χ4v) is 3.18. The summed E-state index contributed by atoms with van der Waals surface area (Å²) in [6.45, 7) is 1.87. The van der Waals surface area contributed by atoms with Crippen LogP contribution in [0.3, 0.4) is 0 Å². The van der Waals surface area contributed by atoms with Gasteiger partial charge in [0.2, 0.25) is 0 Å². The fourth-order valence-electron chi connectivity index (χ4n) is 3.18. The highest BCUT2D eigenvalue weighted by atomic mass is 19.2. The lowest BCUT2D eigenvalue weighted by atomic mass is 9.98. The van der Waals surface area contributed by atoms with Crippen molar-refractivity contribution in [1.82, 2.24) is 0 Å². The fraction of sp³-hybridized carbons (Fsp3) is 0.150. The summed E-state index contributed by atoms with van der Waals surface area (Å²) in [4.78, 5) is 11.2. The van der Waals surface area contributed by atoms with Crippen LogP contribution in [-0.4, -0.2) is 11.1 Å². The second-order valence-corrected chi connectivity index (χ2v) is 5.80. The normalized spacial score (nSPS) is 15.0. The number of halogens is 3. The molecule has 2 aromatic rings. The molecule has 0 unspecified atom stereocenters. The smallest absolute Gasteiger partial charge is 0.307 e.